The summed E-state index contributed by atoms with van der Waals surface area (Å²) in [4.78, 5) is 30.5. The normalized spacial score (nSPS) is 32.1. The van der Waals surface area contributed by atoms with E-state index in [2.05, 4.69) is 11.1 Å². The number of carbonyl (C=O) groups excluding carboxylic acids is 2. The number of ether oxygens (including phenoxy) is 1. The summed E-state index contributed by atoms with van der Waals surface area (Å²) in [5.74, 6) is -1.48. The van der Waals surface area contributed by atoms with E-state index in [1.807, 2.05) is 39.2 Å². The van der Waals surface area contributed by atoms with Crippen LogP contribution in [0.5, 0.6) is 0 Å². The van der Waals surface area contributed by atoms with Gasteiger partial charge in [0.15, 0.2) is 0 Å². The Balaban J connectivity index is 2.33. The number of aliphatic hydroxyl groups excluding tert-OH is 2. The number of hydrogen-bond acceptors (Lipinski definition) is 7. The minimum absolute atomic E-state index is 0.0436. The Labute approximate surface area is 208 Å². The summed E-state index contributed by atoms with van der Waals surface area (Å²) in [6.07, 6.45) is 4.38. The van der Waals surface area contributed by atoms with Crippen LogP contribution in [0, 0.1) is 24.2 Å². The third-order valence-electron chi connectivity index (χ3n) is 6.99. The number of aromatic nitrogens is 1. The summed E-state index contributed by atoms with van der Waals surface area (Å²) in [5, 5.41) is 24.5. The van der Waals surface area contributed by atoms with Crippen molar-refractivity contribution < 1.29 is 24.5 Å². The highest BCUT2D eigenvalue weighted by molar-refractivity contribution is 7.09. The second-order valence-corrected chi connectivity index (χ2v) is 11.5. The van der Waals surface area contributed by atoms with Gasteiger partial charge in [-0.1, -0.05) is 39.3 Å². The van der Waals surface area contributed by atoms with Crippen molar-refractivity contribution in [3.05, 3.63) is 33.3 Å². The number of carbonyl (C=O) groups is 2. The van der Waals surface area contributed by atoms with E-state index in [1.165, 1.54) is 0 Å². The predicted octanol–water partition coefficient (Wildman–Crippen LogP) is 5.27. The maximum Gasteiger partial charge on any atom is 0.309 e. The van der Waals surface area contributed by atoms with Crippen molar-refractivity contribution in [2.75, 3.05) is 0 Å². The Kier molecular flexibility index (Phi) is 10.2. The fourth-order valence-corrected chi connectivity index (χ4v) is 4.99. The number of allylic oxidation sites excluding steroid dienone is 1. The number of nitrogens with zero attached hydrogens (tertiary/aromatic N) is 1. The minimum Gasteiger partial charge on any atom is -0.457 e. The molecule has 0 spiro atoms. The van der Waals surface area contributed by atoms with Crippen LogP contribution in [0.1, 0.15) is 84.3 Å². The number of ketones is 1. The quantitative estimate of drug-likeness (QED) is 0.432. The average Bonchev–Trinajstić information content (AvgIpc) is 3.17. The molecule has 34 heavy (non-hydrogen) atoms. The maximum atomic E-state index is 13.2. The van der Waals surface area contributed by atoms with E-state index in [0.29, 0.717) is 6.42 Å². The minimum atomic E-state index is -1.21. The van der Waals surface area contributed by atoms with E-state index < -0.39 is 35.6 Å². The molecule has 2 rings (SSSR count). The van der Waals surface area contributed by atoms with Crippen LogP contribution in [0.25, 0.3) is 6.08 Å². The lowest BCUT2D eigenvalue weighted by Crippen LogP contribution is -2.45. The maximum absolute atomic E-state index is 13.2. The Morgan fingerprint density at radius 2 is 1.88 bits per heavy atom. The smallest absolute Gasteiger partial charge is 0.309 e. The van der Waals surface area contributed by atoms with Gasteiger partial charge in [0.05, 0.1) is 34.7 Å². The molecule has 7 heteroatoms. The molecule has 0 saturated carbocycles. The van der Waals surface area contributed by atoms with Gasteiger partial charge >= 0.3 is 5.97 Å². The fraction of sp³-hybridized carbons (Fsp3) is 0.667. The molecular formula is C27H41NO5S. The number of aliphatic hydroxyl groups is 2. The van der Waals surface area contributed by atoms with Gasteiger partial charge in [-0.3, -0.25) is 9.59 Å². The molecule has 190 valence electrons. The highest BCUT2D eigenvalue weighted by Gasteiger charge is 2.42. The number of thiazole rings is 1. The SMILES string of the molecule is C/C1=C/CCC[C@H](C)[C@H](O)[C@@H](C)C(=O)C(C)(C)[C@@H](O)CC(=O)O[C@H](/C(C)=C/c2csc(C)n2)C1. The van der Waals surface area contributed by atoms with E-state index in [9.17, 15) is 19.8 Å². The number of cyclic esters (lactones) is 1. The summed E-state index contributed by atoms with van der Waals surface area (Å²) in [6.45, 7) is 12.8. The van der Waals surface area contributed by atoms with Gasteiger partial charge in [-0.2, -0.15) is 0 Å². The van der Waals surface area contributed by atoms with Crippen molar-refractivity contribution >= 4 is 29.2 Å². The first-order chi connectivity index (χ1) is 15.8. The van der Waals surface area contributed by atoms with Gasteiger partial charge in [-0.15, -0.1) is 11.3 Å². The lowest BCUT2D eigenvalue weighted by molar-refractivity contribution is -0.154. The lowest BCUT2D eigenvalue weighted by atomic mass is 9.73. The van der Waals surface area contributed by atoms with Crippen LogP contribution in [-0.4, -0.2) is 45.3 Å². The van der Waals surface area contributed by atoms with Crippen LogP contribution in [0.3, 0.4) is 0 Å². The summed E-state index contributed by atoms with van der Waals surface area (Å²) in [7, 11) is 0. The molecule has 2 N–H and O–H groups in total. The second-order valence-electron chi connectivity index (χ2n) is 10.4. The third kappa shape index (κ3) is 7.59. The standard InChI is InChI=1S/C27H41NO5S/c1-16-10-8-9-11-17(2)25(31)19(4)26(32)27(6,7)23(29)14-24(30)33-22(12-16)18(3)13-21-15-34-20(5)28-21/h10,13,15,17,19,22-23,25,29,31H,8-9,11-12,14H2,1-7H3/b16-10-,18-13+/t17-,19+,22-,23-,25-/m0/s1. The van der Waals surface area contributed by atoms with Crippen LogP contribution >= 0.6 is 11.3 Å². The Morgan fingerprint density at radius 1 is 1.21 bits per heavy atom. The Morgan fingerprint density at radius 3 is 2.50 bits per heavy atom. The zero-order chi connectivity index (χ0) is 25.6. The van der Waals surface area contributed by atoms with Crippen LogP contribution in [0.15, 0.2) is 22.6 Å². The van der Waals surface area contributed by atoms with E-state index >= 15 is 0 Å². The molecule has 1 aromatic heterocycles. The lowest BCUT2D eigenvalue weighted by Gasteiger charge is -2.34. The molecule has 2 heterocycles. The Hall–Kier alpha value is -1.83. The molecular weight excluding hydrogens is 450 g/mol. The summed E-state index contributed by atoms with van der Waals surface area (Å²) >= 11 is 1.56. The molecule has 6 nitrogen and oxygen atoms in total. The molecule has 0 unspecified atom stereocenters. The summed E-state index contributed by atoms with van der Waals surface area (Å²) in [5.41, 5.74) is 1.63. The first-order valence-corrected chi connectivity index (χ1v) is 13.1. The number of rotatable bonds is 2. The van der Waals surface area contributed by atoms with Crippen molar-refractivity contribution in [3.8, 4) is 0 Å². The molecule has 1 aliphatic heterocycles. The topological polar surface area (TPSA) is 96.7 Å². The first kappa shape index (κ1) is 28.4. The fourth-order valence-electron chi connectivity index (χ4n) is 4.42. The molecule has 1 aromatic rings. The molecule has 0 amide bonds. The van der Waals surface area contributed by atoms with Gasteiger partial charge in [0.1, 0.15) is 11.9 Å². The molecule has 0 radical (unpaired) electrons. The van der Waals surface area contributed by atoms with E-state index in [1.54, 1.807) is 32.1 Å². The summed E-state index contributed by atoms with van der Waals surface area (Å²) < 4.78 is 5.83. The molecule has 0 aromatic carbocycles. The number of Topliss-reactive ketones (excluding diaryl/α,β-unsaturated/α-hetero) is 1. The Bertz CT molecular complexity index is 916. The number of aryl methyl sites for hydroxylation is 1. The largest absolute Gasteiger partial charge is 0.457 e. The van der Waals surface area contributed by atoms with Gasteiger partial charge in [0, 0.05) is 17.7 Å². The zero-order valence-electron chi connectivity index (χ0n) is 21.6. The third-order valence-corrected chi connectivity index (χ3v) is 7.79. The van der Waals surface area contributed by atoms with E-state index in [4.69, 9.17) is 4.74 Å². The van der Waals surface area contributed by atoms with Crippen LogP contribution in [0.4, 0.5) is 0 Å². The summed E-state index contributed by atoms with van der Waals surface area (Å²) in [6, 6.07) is 0. The van der Waals surface area contributed by atoms with Crippen molar-refractivity contribution in [2.45, 2.75) is 98.9 Å². The van der Waals surface area contributed by atoms with E-state index in [0.717, 1.165) is 41.1 Å². The van der Waals surface area contributed by atoms with Gasteiger partial charge < -0.3 is 14.9 Å². The van der Waals surface area contributed by atoms with Gasteiger partial charge in [-0.25, -0.2) is 4.98 Å². The van der Waals surface area contributed by atoms with Gasteiger partial charge in [0.2, 0.25) is 0 Å². The number of hydrogen-bond donors (Lipinski definition) is 2. The van der Waals surface area contributed by atoms with Crippen LogP contribution < -0.4 is 0 Å². The molecule has 0 fully saturated rings. The van der Waals surface area contributed by atoms with Crippen molar-refractivity contribution in [2.24, 2.45) is 17.3 Å². The van der Waals surface area contributed by atoms with Crippen molar-refractivity contribution in [1.29, 1.82) is 0 Å². The van der Waals surface area contributed by atoms with Gasteiger partial charge in [0.25, 0.3) is 0 Å². The zero-order valence-corrected chi connectivity index (χ0v) is 22.4. The van der Waals surface area contributed by atoms with E-state index in [-0.39, 0.29) is 18.1 Å². The average molecular weight is 492 g/mol. The van der Waals surface area contributed by atoms with Crippen molar-refractivity contribution in [1.82, 2.24) is 4.98 Å². The molecule has 5 atom stereocenters. The predicted molar refractivity (Wildman–Crippen MR) is 136 cm³/mol. The van der Waals surface area contributed by atoms with Crippen LogP contribution in [0.2, 0.25) is 0 Å². The monoisotopic (exact) mass is 491 g/mol. The van der Waals surface area contributed by atoms with Crippen molar-refractivity contribution in [3.63, 3.8) is 0 Å². The highest BCUT2D eigenvalue weighted by Crippen LogP contribution is 2.32. The number of esters is 1. The highest BCUT2D eigenvalue weighted by atomic mass is 32.1. The first-order valence-electron chi connectivity index (χ1n) is 12.2. The van der Waals surface area contributed by atoms with Crippen LogP contribution in [-0.2, 0) is 14.3 Å². The second kappa shape index (κ2) is 12.2. The molecule has 0 aliphatic carbocycles. The molecule has 0 bridgehead atoms. The van der Waals surface area contributed by atoms with Gasteiger partial charge in [-0.05, 0) is 57.6 Å². The molecule has 0 saturated heterocycles. The molecule has 1 aliphatic rings.